The second-order valence-electron chi connectivity index (χ2n) is 5.87. The van der Waals surface area contributed by atoms with E-state index in [0.29, 0.717) is 5.82 Å². The number of hydrogen-bond acceptors (Lipinski definition) is 3. The van der Waals surface area contributed by atoms with E-state index >= 15 is 0 Å². The Morgan fingerprint density at radius 3 is 2.17 bits per heavy atom. The largest absolute Gasteiger partial charge is 0.336 e. The Hall–Kier alpha value is -2.95. The van der Waals surface area contributed by atoms with Gasteiger partial charge >= 0.3 is 0 Å². The van der Waals surface area contributed by atoms with Crippen molar-refractivity contribution in [1.29, 1.82) is 0 Å². The molecule has 4 rings (SSSR count). The molecule has 0 bridgehead atoms. The quantitative estimate of drug-likeness (QED) is 0.745. The summed E-state index contributed by atoms with van der Waals surface area (Å²) < 4.78 is 1.75. The predicted octanol–water partition coefficient (Wildman–Crippen LogP) is 3.17. The Kier molecular flexibility index (Phi) is 3.83. The molecule has 0 atom stereocenters. The number of nitrogens with zero attached hydrogens (tertiary/aromatic N) is 4. The van der Waals surface area contributed by atoms with Crippen LogP contribution in [0.3, 0.4) is 0 Å². The molecule has 0 aliphatic carbocycles. The van der Waals surface area contributed by atoms with Gasteiger partial charge in [-0.3, -0.25) is 4.79 Å². The summed E-state index contributed by atoms with van der Waals surface area (Å²) in [6, 6.07) is 19.6. The van der Waals surface area contributed by atoms with Gasteiger partial charge in [0.25, 0.3) is 5.91 Å². The van der Waals surface area contributed by atoms with Gasteiger partial charge in [-0.15, -0.1) is 5.10 Å². The van der Waals surface area contributed by atoms with Crippen LogP contribution in [0.25, 0.3) is 17.1 Å². The molecule has 5 heteroatoms. The number of amides is 1. The second kappa shape index (κ2) is 6.28. The molecule has 2 heterocycles. The highest BCUT2D eigenvalue weighted by atomic mass is 16.2. The highest BCUT2D eigenvalue weighted by Crippen LogP contribution is 2.22. The van der Waals surface area contributed by atoms with Crippen molar-refractivity contribution >= 4 is 5.91 Å². The third kappa shape index (κ3) is 2.69. The van der Waals surface area contributed by atoms with Crippen LogP contribution in [-0.4, -0.2) is 38.7 Å². The molecule has 0 saturated carbocycles. The summed E-state index contributed by atoms with van der Waals surface area (Å²) in [6.45, 7) is 1.58. The molecule has 1 amide bonds. The SMILES string of the molecule is O=C(c1nc(-c2ccccc2)n(-c2ccccc2)n1)N1CCCC1. The Morgan fingerprint density at radius 1 is 0.875 bits per heavy atom. The van der Waals surface area contributed by atoms with Crippen molar-refractivity contribution in [3.8, 4) is 17.1 Å². The van der Waals surface area contributed by atoms with Gasteiger partial charge in [0.05, 0.1) is 5.69 Å². The Bertz CT molecular complexity index is 779. The molecule has 24 heavy (non-hydrogen) atoms. The zero-order valence-electron chi connectivity index (χ0n) is 13.3. The smallest absolute Gasteiger partial charge is 0.293 e. The van der Waals surface area contributed by atoms with Crippen molar-refractivity contribution in [3.63, 3.8) is 0 Å². The van der Waals surface area contributed by atoms with Crippen LogP contribution in [0.4, 0.5) is 0 Å². The molecular weight excluding hydrogens is 300 g/mol. The number of para-hydroxylation sites is 1. The lowest BCUT2D eigenvalue weighted by molar-refractivity contribution is 0.0781. The highest BCUT2D eigenvalue weighted by Gasteiger charge is 2.25. The first kappa shape index (κ1) is 14.6. The van der Waals surface area contributed by atoms with E-state index in [1.807, 2.05) is 65.6 Å². The van der Waals surface area contributed by atoms with Gasteiger partial charge in [-0.1, -0.05) is 48.5 Å². The molecule has 1 aliphatic heterocycles. The minimum absolute atomic E-state index is 0.0839. The first-order chi connectivity index (χ1) is 11.8. The van der Waals surface area contributed by atoms with Crippen LogP contribution in [0.15, 0.2) is 60.7 Å². The van der Waals surface area contributed by atoms with E-state index in [1.165, 1.54) is 0 Å². The van der Waals surface area contributed by atoms with Crippen molar-refractivity contribution in [3.05, 3.63) is 66.5 Å². The molecule has 5 nitrogen and oxygen atoms in total. The van der Waals surface area contributed by atoms with Gasteiger partial charge in [0.1, 0.15) is 0 Å². The lowest BCUT2D eigenvalue weighted by atomic mass is 10.2. The van der Waals surface area contributed by atoms with E-state index in [4.69, 9.17) is 0 Å². The van der Waals surface area contributed by atoms with E-state index in [-0.39, 0.29) is 11.7 Å². The zero-order chi connectivity index (χ0) is 16.4. The summed E-state index contributed by atoms with van der Waals surface area (Å²) in [4.78, 5) is 19.1. The monoisotopic (exact) mass is 318 g/mol. The summed E-state index contributed by atoms with van der Waals surface area (Å²) in [6.07, 6.45) is 2.10. The number of likely N-dealkylation sites (tertiary alicyclic amines) is 1. The molecule has 3 aromatic rings. The lowest BCUT2D eigenvalue weighted by Crippen LogP contribution is -2.28. The molecule has 0 unspecified atom stereocenters. The molecule has 120 valence electrons. The second-order valence-corrected chi connectivity index (χ2v) is 5.87. The van der Waals surface area contributed by atoms with E-state index in [0.717, 1.165) is 37.2 Å². The summed E-state index contributed by atoms with van der Waals surface area (Å²) in [5.41, 5.74) is 1.83. The normalized spacial score (nSPS) is 14.1. The maximum Gasteiger partial charge on any atom is 0.293 e. The van der Waals surface area contributed by atoms with Crippen LogP contribution in [0, 0.1) is 0 Å². The van der Waals surface area contributed by atoms with Gasteiger partial charge in [-0.05, 0) is 25.0 Å². The van der Waals surface area contributed by atoms with Gasteiger partial charge in [0.15, 0.2) is 5.82 Å². The van der Waals surface area contributed by atoms with Crippen molar-refractivity contribution < 1.29 is 4.79 Å². The van der Waals surface area contributed by atoms with E-state index in [2.05, 4.69) is 10.1 Å². The first-order valence-corrected chi connectivity index (χ1v) is 8.20. The van der Waals surface area contributed by atoms with Crippen LogP contribution in [0.2, 0.25) is 0 Å². The van der Waals surface area contributed by atoms with Crippen molar-refractivity contribution in [1.82, 2.24) is 19.7 Å². The number of rotatable bonds is 3. The third-order valence-electron chi connectivity index (χ3n) is 4.22. The van der Waals surface area contributed by atoms with Crippen LogP contribution in [0.1, 0.15) is 23.5 Å². The molecule has 0 spiro atoms. The van der Waals surface area contributed by atoms with Gasteiger partial charge in [0.2, 0.25) is 5.82 Å². The number of carbonyl (C=O) groups excluding carboxylic acids is 1. The van der Waals surface area contributed by atoms with E-state index < -0.39 is 0 Å². The fourth-order valence-corrected chi connectivity index (χ4v) is 2.99. The van der Waals surface area contributed by atoms with Gasteiger partial charge in [-0.25, -0.2) is 9.67 Å². The number of carbonyl (C=O) groups is 1. The Morgan fingerprint density at radius 2 is 1.50 bits per heavy atom. The van der Waals surface area contributed by atoms with Crippen molar-refractivity contribution in [2.45, 2.75) is 12.8 Å². The predicted molar refractivity (Wildman–Crippen MR) is 91.9 cm³/mol. The van der Waals surface area contributed by atoms with Crippen LogP contribution >= 0.6 is 0 Å². The van der Waals surface area contributed by atoms with Gasteiger partial charge in [0, 0.05) is 18.7 Å². The molecule has 1 fully saturated rings. The molecule has 2 aromatic carbocycles. The maximum atomic E-state index is 12.7. The standard InChI is InChI=1S/C19H18N4O/c24-19(22-13-7-8-14-22)17-20-18(15-9-3-1-4-10-15)23(21-17)16-11-5-2-6-12-16/h1-6,9-12H,7-8,13-14H2. The third-order valence-corrected chi connectivity index (χ3v) is 4.22. The van der Waals surface area contributed by atoms with Crippen molar-refractivity contribution in [2.75, 3.05) is 13.1 Å². The summed E-state index contributed by atoms with van der Waals surface area (Å²) in [5.74, 6) is 0.864. The minimum Gasteiger partial charge on any atom is -0.336 e. The fourth-order valence-electron chi connectivity index (χ4n) is 2.99. The lowest BCUT2D eigenvalue weighted by Gasteiger charge is -2.11. The van der Waals surface area contributed by atoms with Gasteiger partial charge in [-0.2, -0.15) is 0 Å². The highest BCUT2D eigenvalue weighted by molar-refractivity contribution is 5.91. The van der Waals surface area contributed by atoms with Crippen LogP contribution in [0.5, 0.6) is 0 Å². The van der Waals surface area contributed by atoms with Crippen LogP contribution in [-0.2, 0) is 0 Å². The molecule has 1 saturated heterocycles. The zero-order valence-corrected chi connectivity index (χ0v) is 13.3. The summed E-state index contributed by atoms with van der Waals surface area (Å²) in [7, 11) is 0. The van der Waals surface area contributed by atoms with Gasteiger partial charge < -0.3 is 4.90 Å². The minimum atomic E-state index is -0.0839. The average molecular weight is 318 g/mol. The first-order valence-electron chi connectivity index (χ1n) is 8.20. The van der Waals surface area contributed by atoms with E-state index in [9.17, 15) is 4.79 Å². The molecule has 0 radical (unpaired) electrons. The molecular formula is C19H18N4O. The topological polar surface area (TPSA) is 51.0 Å². The number of benzene rings is 2. The maximum absolute atomic E-state index is 12.7. The molecule has 1 aliphatic rings. The Labute approximate surface area is 140 Å². The van der Waals surface area contributed by atoms with Crippen LogP contribution < -0.4 is 0 Å². The summed E-state index contributed by atoms with van der Waals surface area (Å²) in [5, 5.41) is 4.52. The molecule has 1 aromatic heterocycles. The number of aromatic nitrogens is 3. The molecule has 0 N–H and O–H groups in total. The fraction of sp³-hybridized carbons (Fsp3) is 0.211. The average Bonchev–Trinajstić information content (AvgIpc) is 3.33. The van der Waals surface area contributed by atoms with Crippen molar-refractivity contribution in [2.24, 2.45) is 0 Å². The Balaban J connectivity index is 1.80. The van der Waals surface area contributed by atoms with E-state index in [1.54, 1.807) is 4.68 Å². The number of hydrogen-bond donors (Lipinski definition) is 0. The summed E-state index contributed by atoms with van der Waals surface area (Å²) >= 11 is 0.